The Morgan fingerprint density at radius 3 is 2.00 bits per heavy atom. The minimum absolute atomic E-state index is 0.115. The predicted octanol–water partition coefficient (Wildman–Crippen LogP) is 8.26. The largest absolute Gasteiger partial charge is 0.465 e. The average Bonchev–Trinajstić information content (AvgIpc) is 2.88. The van der Waals surface area contributed by atoms with Crippen molar-refractivity contribution in [3.63, 3.8) is 0 Å². The predicted molar refractivity (Wildman–Crippen MR) is 180 cm³/mol. The number of hydrogen-bond acceptors (Lipinski definition) is 4. The van der Waals surface area contributed by atoms with Gasteiger partial charge >= 0.3 is 5.97 Å². The lowest BCUT2D eigenvalue weighted by atomic mass is 9.43. The number of thiol groups is 1. The van der Waals surface area contributed by atoms with Gasteiger partial charge in [0.25, 0.3) is 0 Å². The lowest BCUT2D eigenvalue weighted by molar-refractivity contribution is -0.187. The van der Waals surface area contributed by atoms with E-state index in [-0.39, 0.29) is 28.1 Å². The van der Waals surface area contributed by atoms with Gasteiger partial charge in [-0.15, -0.1) is 0 Å². The molecule has 226 valence electrons. The van der Waals surface area contributed by atoms with Crippen LogP contribution >= 0.6 is 12.6 Å². The molecule has 2 atom stereocenters. The van der Waals surface area contributed by atoms with Crippen molar-refractivity contribution in [3.8, 4) is 0 Å². The molecule has 0 saturated heterocycles. The first-order valence-electron chi connectivity index (χ1n) is 15.2. The second kappa shape index (κ2) is 13.7. The molecule has 0 aliphatic rings. The van der Waals surface area contributed by atoms with Crippen LogP contribution in [0, 0.1) is 27.1 Å². The maximum absolute atomic E-state index is 14.2. The Balaban J connectivity index is 2.29. The zero-order valence-electron chi connectivity index (χ0n) is 27.8. The lowest BCUT2D eigenvalue weighted by Crippen LogP contribution is -2.59. The fourth-order valence-electron chi connectivity index (χ4n) is 6.26. The van der Waals surface area contributed by atoms with Crippen molar-refractivity contribution in [3.05, 3.63) is 65.2 Å². The number of ether oxygens (including phenoxy) is 1. The second-order valence-electron chi connectivity index (χ2n) is 15.3. The molecule has 2 radical (unpaired) electrons. The summed E-state index contributed by atoms with van der Waals surface area (Å²) in [6, 6.07) is 16.8. The van der Waals surface area contributed by atoms with E-state index in [1.165, 1.54) is 11.1 Å². The van der Waals surface area contributed by atoms with Crippen LogP contribution in [-0.4, -0.2) is 27.0 Å². The zero-order valence-corrected chi connectivity index (χ0v) is 28.7. The van der Waals surface area contributed by atoms with Crippen LogP contribution in [0.25, 0.3) is 0 Å². The molecule has 0 bridgehead atoms. The number of rotatable bonds is 13. The van der Waals surface area contributed by atoms with E-state index in [0.29, 0.717) is 13.2 Å². The minimum Gasteiger partial charge on any atom is -0.465 e. The minimum atomic E-state index is -0.739. The monoisotopic (exact) mass is 577 g/mol. The third-order valence-electron chi connectivity index (χ3n) is 10.1. The molecule has 2 aromatic carbocycles. The van der Waals surface area contributed by atoms with E-state index in [1.54, 1.807) is 0 Å². The summed E-state index contributed by atoms with van der Waals surface area (Å²) >= 11 is 4.47. The third kappa shape index (κ3) is 8.22. The van der Waals surface area contributed by atoms with Gasteiger partial charge in [0.1, 0.15) is 7.85 Å². The van der Waals surface area contributed by atoms with Gasteiger partial charge in [-0.3, -0.25) is 4.79 Å². The Labute approximate surface area is 258 Å². The quantitative estimate of drug-likeness (QED) is 0.109. The van der Waals surface area contributed by atoms with Crippen LogP contribution in [0.4, 0.5) is 0 Å². The van der Waals surface area contributed by atoms with Crippen LogP contribution < -0.4 is 10.8 Å². The molecule has 0 amide bonds. The van der Waals surface area contributed by atoms with E-state index in [1.807, 2.05) is 24.3 Å². The van der Waals surface area contributed by atoms with Gasteiger partial charge in [0.05, 0.1) is 12.0 Å². The Morgan fingerprint density at radius 2 is 1.49 bits per heavy atom. The molecule has 0 spiro atoms. The molecular formula is C36H56BNO2S. The van der Waals surface area contributed by atoms with Gasteiger partial charge in [-0.25, -0.2) is 0 Å². The van der Waals surface area contributed by atoms with Crippen LogP contribution in [0.15, 0.2) is 48.5 Å². The van der Waals surface area contributed by atoms with Gasteiger partial charge in [0, 0.05) is 12.3 Å². The SMILES string of the molecule is [B]c1ccccc1CNCCCOC(=O)C(C)(C(C)(C)C)C(C)(C)C(C)(C)C(CC(C)(C)C)c1ccc(CS)cc1. The first-order valence-corrected chi connectivity index (χ1v) is 15.8. The molecule has 3 nitrogen and oxygen atoms in total. The number of hydrogen-bond donors (Lipinski definition) is 2. The molecule has 0 aromatic heterocycles. The highest BCUT2D eigenvalue weighted by Crippen LogP contribution is 2.64. The van der Waals surface area contributed by atoms with Gasteiger partial charge in [0.15, 0.2) is 0 Å². The van der Waals surface area contributed by atoms with Crippen molar-refractivity contribution < 1.29 is 9.53 Å². The topological polar surface area (TPSA) is 38.3 Å². The van der Waals surface area contributed by atoms with Crippen molar-refractivity contribution in [1.29, 1.82) is 0 Å². The molecule has 2 rings (SSSR count). The normalized spacial score (nSPS) is 15.3. The molecule has 2 aromatic rings. The van der Waals surface area contributed by atoms with Crippen molar-refractivity contribution >= 4 is 31.9 Å². The average molecular weight is 578 g/mol. The summed E-state index contributed by atoms with van der Waals surface area (Å²) in [6.07, 6.45) is 1.75. The molecular weight excluding hydrogens is 521 g/mol. The molecule has 0 fully saturated rings. The van der Waals surface area contributed by atoms with Gasteiger partial charge in [-0.05, 0) is 70.6 Å². The molecule has 0 aliphatic carbocycles. The molecule has 0 saturated carbocycles. The van der Waals surface area contributed by atoms with Crippen LogP contribution in [0.2, 0.25) is 0 Å². The maximum Gasteiger partial charge on any atom is 0.312 e. The van der Waals surface area contributed by atoms with Crippen LogP contribution in [0.3, 0.4) is 0 Å². The van der Waals surface area contributed by atoms with Crippen molar-refractivity contribution in [2.75, 3.05) is 13.2 Å². The molecule has 41 heavy (non-hydrogen) atoms. The smallest absolute Gasteiger partial charge is 0.312 e. The van der Waals surface area contributed by atoms with E-state index in [9.17, 15) is 4.79 Å². The maximum atomic E-state index is 14.2. The molecule has 0 heterocycles. The van der Waals surface area contributed by atoms with Gasteiger partial charge < -0.3 is 10.1 Å². The third-order valence-corrected chi connectivity index (χ3v) is 10.5. The number of carbonyl (C=O) groups is 1. The fourth-order valence-corrected chi connectivity index (χ4v) is 6.47. The number of esters is 1. The number of benzene rings is 2. The number of carbonyl (C=O) groups excluding carboxylic acids is 1. The first-order chi connectivity index (χ1) is 18.8. The highest BCUT2D eigenvalue weighted by molar-refractivity contribution is 7.79. The van der Waals surface area contributed by atoms with E-state index in [2.05, 4.69) is 118 Å². The molecule has 0 aliphatic heterocycles. The van der Waals surface area contributed by atoms with Crippen molar-refractivity contribution in [2.24, 2.45) is 27.1 Å². The molecule has 5 heteroatoms. The summed E-state index contributed by atoms with van der Waals surface area (Å²) in [5.41, 5.74) is 2.82. The van der Waals surface area contributed by atoms with Crippen LogP contribution in [0.1, 0.15) is 112 Å². The van der Waals surface area contributed by atoms with E-state index in [0.717, 1.165) is 36.2 Å². The summed E-state index contributed by atoms with van der Waals surface area (Å²) < 4.78 is 6.10. The Morgan fingerprint density at radius 1 is 0.902 bits per heavy atom. The summed E-state index contributed by atoms with van der Waals surface area (Å²) in [5, 5.41) is 3.43. The highest BCUT2D eigenvalue weighted by atomic mass is 32.1. The molecule has 2 unspecified atom stereocenters. The lowest BCUT2D eigenvalue weighted by Gasteiger charge is -2.60. The second-order valence-corrected chi connectivity index (χ2v) is 15.6. The highest BCUT2D eigenvalue weighted by Gasteiger charge is 2.62. The first kappa shape index (κ1) is 35.5. The van der Waals surface area contributed by atoms with E-state index >= 15 is 0 Å². The Kier molecular flexibility index (Phi) is 11.9. The Hall–Kier alpha value is -1.72. The summed E-state index contributed by atoms with van der Waals surface area (Å²) in [4.78, 5) is 14.2. The van der Waals surface area contributed by atoms with Gasteiger partial charge in [-0.1, -0.05) is 123 Å². The Bertz CT molecular complexity index is 1130. The zero-order chi connectivity index (χ0) is 31.3. The summed E-state index contributed by atoms with van der Waals surface area (Å²) in [6.45, 7) is 26.7. The van der Waals surface area contributed by atoms with Crippen molar-refractivity contribution in [2.45, 2.75) is 107 Å². The van der Waals surface area contributed by atoms with E-state index < -0.39 is 10.8 Å². The number of nitrogens with one attached hydrogen (secondary N) is 1. The van der Waals surface area contributed by atoms with Crippen molar-refractivity contribution in [1.82, 2.24) is 5.32 Å². The van der Waals surface area contributed by atoms with Gasteiger partial charge in [-0.2, -0.15) is 12.6 Å². The summed E-state index contributed by atoms with van der Waals surface area (Å²) in [7, 11) is 6.06. The summed E-state index contributed by atoms with van der Waals surface area (Å²) in [5.74, 6) is 0.856. The van der Waals surface area contributed by atoms with E-state index in [4.69, 9.17) is 12.6 Å². The fraction of sp³-hybridized carbons (Fsp3) is 0.639. The molecule has 1 N–H and O–H groups in total. The van der Waals surface area contributed by atoms with Gasteiger partial charge in [0.2, 0.25) is 0 Å². The standard InChI is InChI=1S/C36H56BNO2S/c1-32(2,3)23-29(27-19-17-26(25-41)18-20-27)34(7,8)35(9,10)36(11,33(4,5)6)31(39)40-22-14-21-38-24-28-15-12-13-16-30(28)37/h12-13,15-20,29,38,41H,14,21-25H2,1-11H3. The van der Waals surface area contributed by atoms with Crippen LogP contribution in [0.5, 0.6) is 0 Å². The van der Waals surface area contributed by atoms with Crippen LogP contribution in [-0.2, 0) is 21.8 Å².